The van der Waals surface area contributed by atoms with Gasteiger partial charge in [0.25, 0.3) is 0 Å². The van der Waals surface area contributed by atoms with Crippen molar-refractivity contribution in [1.29, 1.82) is 0 Å². The first-order chi connectivity index (χ1) is 24.5. The molecule has 1 aromatic rings. The second kappa shape index (κ2) is 17.6. The van der Waals surface area contributed by atoms with Gasteiger partial charge in [0.15, 0.2) is 5.79 Å². The molecule has 13 nitrogen and oxygen atoms in total. The predicted molar refractivity (Wildman–Crippen MR) is 195 cm³/mol. The Labute approximate surface area is 307 Å². The summed E-state index contributed by atoms with van der Waals surface area (Å²) in [6.45, 7) is 15.6. The van der Waals surface area contributed by atoms with Crippen molar-refractivity contribution in [2.45, 2.75) is 115 Å². The first kappa shape index (κ1) is 40.7. The van der Waals surface area contributed by atoms with E-state index in [0.717, 1.165) is 16.9 Å². The number of fused-ring (bicyclic) bond motifs is 3. The minimum atomic E-state index is -0.681. The van der Waals surface area contributed by atoms with E-state index in [1.807, 2.05) is 45.0 Å². The SMILES string of the molecule is CCOC(=O)/C=C/[C@]12CCC3(C[C@H]1Oc1ccc(/C=C/C(=O)NCCCN(CCCCNC(=O)OC(C)(C)C)C(=O)OC(C)(C)C)cc12)OCCO3. The summed E-state index contributed by atoms with van der Waals surface area (Å²) in [5, 5.41) is 5.63. The van der Waals surface area contributed by atoms with Gasteiger partial charge in [-0.25, -0.2) is 14.4 Å². The number of alkyl carbamates (subject to hydrolysis) is 1. The van der Waals surface area contributed by atoms with Crippen LogP contribution in [0.4, 0.5) is 9.59 Å². The highest BCUT2D eigenvalue weighted by atomic mass is 16.7. The molecule has 52 heavy (non-hydrogen) atoms. The molecule has 13 heteroatoms. The van der Waals surface area contributed by atoms with Crippen molar-refractivity contribution in [3.05, 3.63) is 47.6 Å². The molecular weight excluding hydrogens is 670 g/mol. The van der Waals surface area contributed by atoms with E-state index in [4.69, 9.17) is 28.4 Å². The minimum Gasteiger partial charge on any atom is -0.489 e. The van der Waals surface area contributed by atoms with Gasteiger partial charge < -0.3 is 44.0 Å². The average molecular weight is 728 g/mol. The van der Waals surface area contributed by atoms with Crippen LogP contribution in [0.15, 0.2) is 36.4 Å². The molecule has 2 atom stereocenters. The molecule has 2 fully saturated rings. The van der Waals surface area contributed by atoms with E-state index in [1.54, 1.807) is 38.7 Å². The third-order valence-corrected chi connectivity index (χ3v) is 8.89. The third-order valence-electron chi connectivity index (χ3n) is 8.89. The molecule has 0 radical (unpaired) electrons. The lowest BCUT2D eigenvalue weighted by Gasteiger charge is -2.43. The van der Waals surface area contributed by atoms with Crippen molar-refractivity contribution < 1.29 is 47.6 Å². The minimum absolute atomic E-state index is 0.265. The summed E-state index contributed by atoms with van der Waals surface area (Å²) in [6, 6.07) is 5.79. The van der Waals surface area contributed by atoms with E-state index in [2.05, 4.69) is 10.6 Å². The van der Waals surface area contributed by atoms with E-state index in [1.165, 1.54) is 12.2 Å². The normalized spacial score (nSPS) is 20.6. The maximum atomic E-state index is 12.9. The molecule has 0 unspecified atom stereocenters. The number of nitrogens with zero attached hydrogens (tertiary/aromatic N) is 1. The largest absolute Gasteiger partial charge is 0.489 e. The van der Waals surface area contributed by atoms with E-state index < -0.39 is 40.6 Å². The van der Waals surface area contributed by atoms with Crippen molar-refractivity contribution >= 4 is 30.1 Å². The Morgan fingerprint density at radius 3 is 2.29 bits per heavy atom. The first-order valence-electron chi connectivity index (χ1n) is 18.4. The topological polar surface area (TPSA) is 151 Å². The molecular formula is C39H57N3O10. The van der Waals surface area contributed by atoms with Gasteiger partial charge in [0.2, 0.25) is 5.91 Å². The van der Waals surface area contributed by atoms with E-state index >= 15 is 0 Å². The maximum Gasteiger partial charge on any atom is 0.410 e. The summed E-state index contributed by atoms with van der Waals surface area (Å²) >= 11 is 0. The average Bonchev–Trinajstić information content (AvgIpc) is 3.64. The fraction of sp³-hybridized carbons (Fsp3) is 0.641. The number of hydrogen-bond acceptors (Lipinski definition) is 10. The number of rotatable bonds is 14. The maximum absolute atomic E-state index is 12.9. The molecule has 2 aliphatic heterocycles. The van der Waals surface area contributed by atoms with Crippen LogP contribution in [0.25, 0.3) is 6.08 Å². The second-order valence-corrected chi connectivity index (χ2v) is 15.4. The van der Waals surface area contributed by atoms with Crippen molar-refractivity contribution in [2.24, 2.45) is 0 Å². The summed E-state index contributed by atoms with van der Waals surface area (Å²) in [7, 11) is 0. The van der Waals surface area contributed by atoms with Gasteiger partial charge in [-0.2, -0.15) is 0 Å². The zero-order valence-electron chi connectivity index (χ0n) is 31.8. The molecule has 1 aromatic carbocycles. The Kier molecular flexibility index (Phi) is 13.8. The number of carbonyl (C=O) groups excluding carboxylic acids is 4. The van der Waals surface area contributed by atoms with Crippen LogP contribution in [0, 0.1) is 0 Å². The van der Waals surface area contributed by atoms with E-state index in [9.17, 15) is 19.2 Å². The fourth-order valence-corrected chi connectivity index (χ4v) is 6.56. The number of unbranched alkanes of at least 4 members (excludes halogenated alkanes) is 1. The van der Waals surface area contributed by atoms with Crippen LogP contribution in [0.3, 0.4) is 0 Å². The molecule has 1 saturated carbocycles. The number of amides is 3. The lowest BCUT2D eigenvalue weighted by atomic mass is 9.66. The first-order valence-corrected chi connectivity index (χ1v) is 18.4. The van der Waals surface area contributed by atoms with Crippen molar-refractivity contribution in [1.82, 2.24) is 15.5 Å². The third kappa shape index (κ3) is 11.7. The number of nitrogens with one attached hydrogen (secondary N) is 2. The molecule has 4 rings (SSSR count). The Morgan fingerprint density at radius 1 is 0.904 bits per heavy atom. The molecule has 1 aliphatic carbocycles. The molecule has 2 N–H and O–H groups in total. The zero-order valence-corrected chi connectivity index (χ0v) is 31.8. The lowest BCUT2D eigenvalue weighted by Crippen LogP contribution is -2.50. The Balaban J connectivity index is 1.31. The fourth-order valence-electron chi connectivity index (χ4n) is 6.56. The van der Waals surface area contributed by atoms with Crippen LogP contribution in [0.5, 0.6) is 5.75 Å². The molecule has 3 aliphatic rings. The van der Waals surface area contributed by atoms with Gasteiger partial charge in [-0.1, -0.05) is 12.1 Å². The van der Waals surface area contributed by atoms with Crippen LogP contribution in [-0.2, 0) is 38.7 Å². The van der Waals surface area contributed by atoms with Crippen molar-refractivity contribution in [2.75, 3.05) is 46.0 Å². The Hall–Kier alpha value is -4.10. The summed E-state index contributed by atoms with van der Waals surface area (Å²) in [5.74, 6) is -0.630. The predicted octanol–water partition coefficient (Wildman–Crippen LogP) is 5.79. The van der Waals surface area contributed by atoms with E-state index in [0.29, 0.717) is 77.9 Å². The molecule has 1 saturated heterocycles. The number of hydrogen-bond donors (Lipinski definition) is 2. The number of ether oxygens (including phenoxy) is 6. The summed E-state index contributed by atoms with van der Waals surface area (Å²) in [5.41, 5.74) is -0.0434. The molecule has 2 heterocycles. The van der Waals surface area contributed by atoms with Crippen molar-refractivity contribution in [3.8, 4) is 5.75 Å². The number of benzene rings is 1. The quantitative estimate of drug-likeness (QED) is 0.104. The molecule has 3 amide bonds. The van der Waals surface area contributed by atoms with Crippen LogP contribution < -0.4 is 15.4 Å². The lowest BCUT2D eigenvalue weighted by molar-refractivity contribution is -0.198. The van der Waals surface area contributed by atoms with Gasteiger partial charge in [0, 0.05) is 56.7 Å². The smallest absolute Gasteiger partial charge is 0.410 e. The Bertz CT molecular complexity index is 1470. The summed E-state index contributed by atoms with van der Waals surface area (Å²) in [4.78, 5) is 51.6. The van der Waals surface area contributed by atoms with Gasteiger partial charge in [0.05, 0.1) is 25.2 Å². The van der Waals surface area contributed by atoms with Crippen LogP contribution in [-0.4, -0.2) is 98.1 Å². The molecule has 288 valence electrons. The highest BCUT2D eigenvalue weighted by molar-refractivity contribution is 5.91. The summed E-state index contributed by atoms with van der Waals surface area (Å²) < 4.78 is 34.5. The van der Waals surface area contributed by atoms with Crippen molar-refractivity contribution in [3.63, 3.8) is 0 Å². The van der Waals surface area contributed by atoms with Gasteiger partial charge in [0.1, 0.15) is 23.1 Å². The second-order valence-electron chi connectivity index (χ2n) is 15.4. The van der Waals surface area contributed by atoms with Gasteiger partial charge in [-0.15, -0.1) is 0 Å². The van der Waals surface area contributed by atoms with Crippen LogP contribution >= 0.6 is 0 Å². The standard InChI is InChI=1S/C39H57N3O10/c1-8-47-33(44)16-17-38-18-19-39(48-24-25-49-39)27-31(38)50-30-14-12-28(26-29(30)38)13-15-32(43)40-21-11-23-42(35(46)52-37(5,6)7)22-10-9-20-41-34(45)51-36(2,3)4/h12-17,26,31H,8-11,18-25,27H2,1-7H3,(H,40,43)(H,41,45)/b15-13+,17-16+/t31-,38-/m1/s1. The number of esters is 1. The highest BCUT2D eigenvalue weighted by Gasteiger charge is 2.57. The van der Waals surface area contributed by atoms with Gasteiger partial charge in [-0.3, -0.25) is 4.79 Å². The Morgan fingerprint density at radius 2 is 1.60 bits per heavy atom. The van der Waals surface area contributed by atoms with Gasteiger partial charge in [-0.05, 0) is 97.9 Å². The van der Waals surface area contributed by atoms with Crippen LogP contribution in [0.1, 0.15) is 98.1 Å². The zero-order chi connectivity index (χ0) is 38.0. The van der Waals surface area contributed by atoms with Gasteiger partial charge >= 0.3 is 18.2 Å². The monoisotopic (exact) mass is 727 g/mol. The number of carbonyl (C=O) groups is 4. The molecule has 0 aromatic heterocycles. The molecule has 0 bridgehead atoms. The highest BCUT2D eigenvalue weighted by Crippen LogP contribution is 2.55. The summed E-state index contributed by atoms with van der Waals surface area (Å²) in [6.07, 6.45) is 9.07. The van der Waals surface area contributed by atoms with E-state index in [-0.39, 0.29) is 18.6 Å². The molecule has 1 spiro atoms. The van der Waals surface area contributed by atoms with Crippen LogP contribution in [0.2, 0.25) is 0 Å².